The van der Waals surface area contributed by atoms with Crippen molar-refractivity contribution in [1.82, 2.24) is 5.32 Å². The summed E-state index contributed by atoms with van der Waals surface area (Å²) in [6, 6.07) is 10.6. The van der Waals surface area contributed by atoms with Crippen molar-refractivity contribution >= 4 is 21.6 Å². The molecule has 168 valence electrons. The fourth-order valence-electron chi connectivity index (χ4n) is 3.85. The molecular weight excluding hydrogens is 416 g/mol. The molecule has 0 spiro atoms. The number of para-hydroxylation sites is 2. The van der Waals surface area contributed by atoms with E-state index in [1.807, 2.05) is 19.9 Å². The number of sulfonamides is 1. The summed E-state index contributed by atoms with van der Waals surface area (Å²) in [4.78, 5) is 13.0. The first-order chi connectivity index (χ1) is 14.5. The topological polar surface area (TPSA) is 84.9 Å². The van der Waals surface area contributed by atoms with Crippen LogP contribution in [0.25, 0.3) is 0 Å². The Hall–Kier alpha value is -2.74. The Kier molecular flexibility index (Phi) is 6.50. The molecule has 2 atom stereocenters. The van der Waals surface area contributed by atoms with Gasteiger partial charge in [-0.25, -0.2) is 8.42 Å². The van der Waals surface area contributed by atoms with Crippen molar-refractivity contribution in [3.8, 4) is 11.5 Å². The van der Waals surface area contributed by atoms with Gasteiger partial charge >= 0.3 is 0 Å². The van der Waals surface area contributed by atoms with Crippen LogP contribution >= 0.6 is 0 Å². The summed E-state index contributed by atoms with van der Waals surface area (Å²) in [6.07, 6.45) is 0.177. The number of carbonyl (C=O) groups is 1. The van der Waals surface area contributed by atoms with Crippen LogP contribution in [0.1, 0.15) is 49.4 Å². The maximum Gasteiger partial charge on any atom is 0.263 e. The third-order valence-electron chi connectivity index (χ3n) is 5.49. The minimum atomic E-state index is -3.56. The molecule has 0 saturated carbocycles. The molecule has 0 bridgehead atoms. The first-order valence-electron chi connectivity index (χ1n) is 10.2. The molecule has 1 N–H and O–H groups in total. The highest BCUT2D eigenvalue weighted by molar-refractivity contribution is 7.92. The number of aryl methyl sites for hydroxylation is 1. The number of ether oxygens (including phenoxy) is 2. The van der Waals surface area contributed by atoms with Crippen LogP contribution in [0, 0.1) is 6.92 Å². The van der Waals surface area contributed by atoms with Crippen LogP contribution in [-0.2, 0) is 14.8 Å². The Morgan fingerprint density at radius 2 is 1.87 bits per heavy atom. The fraction of sp³-hybridized carbons (Fsp3) is 0.435. The summed E-state index contributed by atoms with van der Waals surface area (Å²) in [5, 5.41) is 2.99. The van der Waals surface area contributed by atoms with E-state index in [2.05, 4.69) is 25.2 Å². The number of anilines is 1. The number of carbonyl (C=O) groups excluding carboxylic acids is 1. The van der Waals surface area contributed by atoms with Gasteiger partial charge in [-0.15, -0.1) is 0 Å². The predicted molar refractivity (Wildman–Crippen MR) is 121 cm³/mol. The molecule has 1 heterocycles. The smallest absolute Gasteiger partial charge is 0.263 e. The van der Waals surface area contributed by atoms with Crippen LogP contribution in [0.2, 0.25) is 0 Å². The van der Waals surface area contributed by atoms with E-state index in [1.54, 1.807) is 31.4 Å². The van der Waals surface area contributed by atoms with Gasteiger partial charge in [0.1, 0.15) is 11.5 Å². The highest BCUT2D eigenvalue weighted by atomic mass is 32.2. The summed E-state index contributed by atoms with van der Waals surface area (Å²) in [5.74, 6) is 1.09. The quantitative estimate of drug-likeness (QED) is 0.734. The third kappa shape index (κ3) is 4.79. The maximum atomic E-state index is 13.0. The van der Waals surface area contributed by atoms with Gasteiger partial charge in [-0.1, -0.05) is 26.0 Å². The number of nitrogens with zero attached hydrogens (tertiary/aromatic N) is 1. The third-order valence-corrected chi connectivity index (χ3v) is 6.64. The van der Waals surface area contributed by atoms with Gasteiger partial charge in [0.15, 0.2) is 6.10 Å². The van der Waals surface area contributed by atoms with Gasteiger partial charge in [0.05, 0.1) is 31.6 Å². The number of amides is 1. The van der Waals surface area contributed by atoms with Crippen LogP contribution in [0.4, 0.5) is 5.69 Å². The zero-order valence-electron chi connectivity index (χ0n) is 18.8. The average Bonchev–Trinajstić information content (AvgIpc) is 2.71. The minimum Gasteiger partial charge on any atom is -0.496 e. The Bertz CT molecular complexity index is 1080. The molecule has 31 heavy (non-hydrogen) atoms. The van der Waals surface area contributed by atoms with E-state index < -0.39 is 16.1 Å². The van der Waals surface area contributed by atoms with Gasteiger partial charge in [-0.2, -0.15) is 0 Å². The first-order valence-corrected chi connectivity index (χ1v) is 12.1. The highest BCUT2D eigenvalue weighted by Crippen LogP contribution is 2.35. The van der Waals surface area contributed by atoms with Gasteiger partial charge in [-0.3, -0.25) is 9.10 Å². The largest absolute Gasteiger partial charge is 0.496 e. The molecule has 0 saturated heterocycles. The number of hydrogen-bond donors (Lipinski definition) is 1. The van der Waals surface area contributed by atoms with Crippen LogP contribution < -0.4 is 19.1 Å². The molecule has 2 aromatic carbocycles. The van der Waals surface area contributed by atoms with E-state index in [1.165, 1.54) is 4.31 Å². The predicted octanol–water partition coefficient (Wildman–Crippen LogP) is 3.53. The van der Waals surface area contributed by atoms with Crippen molar-refractivity contribution in [2.45, 2.75) is 45.8 Å². The van der Waals surface area contributed by atoms with E-state index in [-0.39, 0.29) is 24.4 Å². The zero-order valence-corrected chi connectivity index (χ0v) is 19.6. The summed E-state index contributed by atoms with van der Waals surface area (Å²) >= 11 is 0. The first kappa shape index (κ1) is 22.9. The van der Waals surface area contributed by atoms with Crippen LogP contribution in [0.3, 0.4) is 0 Å². The van der Waals surface area contributed by atoms with Gasteiger partial charge in [-0.05, 0) is 60.7 Å². The molecule has 1 aliphatic rings. The molecule has 2 aromatic rings. The van der Waals surface area contributed by atoms with Crippen molar-refractivity contribution in [1.29, 1.82) is 0 Å². The molecule has 1 amide bonds. The number of rotatable bonds is 6. The standard InChI is InChI=1S/C23H30N2O5S/c1-14(2)17-12-18(15(3)11-21(17)29-5)16(4)24-23(26)22-13-25(31(6,27)28)19-9-7-8-10-20(19)30-22/h7-12,14,16,22H,13H2,1-6H3,(H,24,26). The van der Waals surface area contributed by atoms with E-state index in [0.29, 0.717) is 11.4 Å². The van der Waals surface area contributed by atoms with Crippen molar-refractivity contribution in [3.63, 3.8) is 0 Å². The molecule has 8 heteroatoms. The highest BCUT2D eigenvalue weighted by Gasteiger charge is 2.35. The van der Waals surface area contributed by atoms with Crippen LogP contribution in [0.15, 0.2) is 36.4 Å². The molecule has 3 rings (SSSR count). The average molecular weight is 447 g/mol. The maximum absolute atomic E-state index is 13.0. The number of hydrogen-bond acceptors (Lipinski definition) is 5. The second kappa shape index (κ2) is 8.78. The zero-order chi connectivity index (χ0) is 22.9. The summed E-state index contributed by atoms with van der Waals surface area (Å²) in [6.45, 7) is 7.99. The Morgan fingerprint density at radius 3 is 2.48 bits per heavy atom. The summed E-state index contributed by atoms with van der Waals surface area (Å²) in [5.41, 5.74) is 3.49. The lowest BCUT2D eigenvalue weighted by atomic mass is 9.93. The summed E-state index contributed by atoms with van der Waals surface area (Å²) < 4.78 is 37.2. The number of methoxy groups -OCH3 is 1. The molecule has 0 fully saturated rings. The molecule has 0 radical (unpaired) electrons. The van der Waals surface area contributed by atoms with Crippen molar-refractivity contribution in [2.24, 2.45) is 0 Å². The lowest BCUT2D eigenvalue weighted by Gasteiger charge is -2.34. The van der Waals surface area contributed by atoms with Gasteiger partial charge < -0.3 is 14.8 Å². The molecule has 2 unspecified atom stereocenters. The Morgan fingerprint density at radius 1 is 1.19 bits per heavy atom. The second-order valence-electron chi connectivity index (χ2n) is 8.20. The van der Waals surface area contributed by atoms with E-state index in [4.69, 9.17) is 9.47 Å². The van der Waals surface area contributed by atoms with Gasteiger partial charge in [0, 0.05) is 0 Å². The molecule has 0 aliphatic carbocycles. The van der Waals surface area contributed by atoms with Crippen molar-refractivity contribution in [3.05, 3.63) is 53.1 Å². The van der Waals surface area contributed by atoms with Gasteiger partial charge in [0.25, 0.3) is 5.91 Å². The Labute approximate surface area is 184 Å². The minimum absolute atomic E-state index is 0.0762. The fourth-order valence-corrected chi connectivity index (χ4v) is 4.76. The normalized spacial score (nSPS) is 17.0. The van der Waals surface area contributed by atoms with Crippen molar-refractivity contribution < 1.29 is 22.7 Å². The van der Waals surface area contributed by atoms with Gasteiger partial charge in [0.2, 0.25) is 10.0 Å². The van der Waals surface area contributed by atoms with E-state index >= 15 is 0 Å². The van der Waals surface area contributed by atoms with Crippen LogP contribution in [-0.4, -0.2) is 40.3 Å². The lowest BCUT2D eigenvalue weighted by molar-refractivity contribution is -0.128. The molecule has 0 aromatic heterocycles. The number of nitrogens with one attached hydrogen (secondary N) is 1. The summed E-state index contributed by atoms with van der Waals surface area (Å²) in [7, 11) is -1.91. The van der Waals surface area contributed by atoms with Crippen molar-refractivity contribution in [2.75, 3.05) is 24.2 Å². The number of fused-ring (bicyclic) bond motifs is 1. The van der Waals surface area contributed by atoms with E-state index in [9.17, 15) is 13.2 Å². The van der Waals surface area contributed by atoms with Crippen LogP contribution in [0.5, 0.6) is 11.5 Å². The monoisotopic (exact) mass is 446 g/mol. The number of benzene rings is 2. The molecule has 1 aliphatic heterocycles. The molecular formula is C23H30N2O5S. The Balaban J connectivity index is 1.84. The molecule has 7 nitrogen and oxygen atoms in total. The lowest BCUT2D eigenvalue weighted by Crippen LogP contribution is -2.50. The SMILES string of the molecule is COc1cc(C)c(C(C)NC(=O)C2CN(S(C)(=O)=O)c3ccccc3O2)cc1C(C)C. The second-order valence-corrected chi connectivity index (χ2v) is 10.1. The van der Waals surface area contributed by atoms with E-state index in [0.717, 1.165) is 28.7 Å².